The van der Waals surface area contributed by atoms with Gasteiger partial charge >= 0.3 is 5.97 Å². The summed E-state index contributed by atoms with van der Waals surface area (Å²) in [5, 5.41) is 3.39. The van der Waals surface area contributed by atoms with Gasteiger partial charge in [0, 0.05) is 26.6 Å². The first-order valence-corrected chi connectivity index (χ1v) is 7.67. The van der Waals surface area contributed by atoms with E-state index < -0.39 is 0 Å². The Labute approximate surface area is 122 Å². The molecule has 0 aromatic carbocycles. The van der Waals surface area contributed by atoms with Gasteiger partial charge in [-0.1, -0.05) is 6.92 Å². The van der Waals surface area contributed by atoms with Crippen molar-refractivity contribution in [2.75, 3.05) is 46.6 Å². The number of esters is 1. The Morgan fingerprint density at radius 1 is 1.30 bits per heavy atom. The van der Waals surface area contributed by atoms with E-state index in [2.05, 4.69) is 12.2 Å². The zero-order valence-corrected chi connectivity index (χ0v) is 12.9. The minimum absolute atomic E-state index is 0.0834. The molecule has 2 unspecified atom stereocenters. The zero-order valence-electron chi connectivity index (χ0n) is 12.9. The van der Waals surface area contributed by atoms with Crippen LogP contribution in [0.3, 0.4) is 0 Å². The molecule has 5 heteroatoms. The van der Waals surface area contributed by atoms with Gasteiger partial charge in [-0.25, -0.2) is 0 Å². The maximum atomic E-state index is 11.7. The Bertz CT molecular complexity index is 254. The number of hydrogen-bond acceptors (Lipinski definition) is 5. The largest absolute Gasteiger partial charge is 0.466 e. The van der Waals surface area contributed by atoms with Crippen LogP contribution < -0.4 is 5.32 Å². The van der Waals surface area contributed by atoms with Crippen molar-refractivity contribution in [1.82, 2.24) is 5.32 Å². The van der Waals surface area contributed by atoms with Gasteiger partial charge in [-0.05, 0) is 37.8 Å². The van der Waals surface area contributed by atoms with E-state index in [4.69, 9.17) is 14.2 Å². The van der Waals surface area contributed by atoms with Crippen molar-refractivity contribution >= 4 is 5.97 Å². The number of hydrogen-bond donors (Lipinski definition) is 1. The Kier molecular flexibility index (Phi) is 9.62. The van der Waals surface area contributed by atoms with Gasteiger partial charge < -0.3 is 19.5 Å². The van der Waals surface area contributed by atoms with Gasteiger partial charge in [0.05, 0.1) is 19.8 Å². The van der Waals surface area contributed by atoms with Crippen LogP contribution in [-0.4, -0.2) is 52.6 Å². The number of ether oxygens (including phenoxy) is 3. The van der Waals surface area contributed by atoms with Crippen LogP contribution in [0.1, 0.15) is 32.6 Å². The zero-order chi connectivity index (χ0) is 14.6. The highest BCUT2D eigenvalue weighted by Crippen LogP contribution is 2.22. The minimum Gasteiger partial charge on any atom is -0.466 e. The lowest BCUT2D eigenvalue weighted by Crippen LogP contribution is -2.34. The van der Waals surface area contributed by atoms with Gasteiger partial charge in [-0.15, -0.1) is 0 Å². The van der Waals surface area contributed by atoms with Gasteiger partial charge in [0.1, 0.15) is 0 Å². The normalized spacial score (nSPS) is 20.6. The van der Waals surface area contributed by atoms with Gasteiger partial charge in [0.2, 0.25) is 0 Å². The lowest BCUT2D eigenvalue weighted by Gasteiger charge is -2.27. The maximum absolute atomic E-state index is 11.7. The first-order chi connectivity index (χ1) is 9.74. The molecule has 0 spiro atoms. The molecule has 0 aromatic heterocycles. The molecule has 1 rings (SSSR count). The predicted octanol–water partition coefficient (Wildman–Crippen LogP) is 1.61. The van der Waals surface area contributed by atoms with E-state index in [1.165, 1.54) is 12.8 Å². The van der Waals surface area contributed by atoms with Gasteiger partial charge in [0.15, 0.2) is 0 Å². The van der Waals surface area contributed by atoms with E-state index in [-0.39, 0.29) is 5.97 Å². The van der Waals surface area contributed by atoms with E-state index >= 15 is 0 Å². The summed E-state index contributed by atoms with van der Waals surface area (Å²) >= 11 is 0. The topological polar surface area (TPSA) is 56.8 Å². The second-order valence-corrected chi connectivity index (χ2v) is 5.47. The lowest BCUT2D eigenvalue weighted by atomic mass is 9.85. The lowest BCUT2D eigenvalue weighted by molar-refractivity contribution is -0.145. The third kappa shape index (κ3) is 7.82. The fraction of sp³-hybridized carbons (Fsp3) is 0.933. The Morgan fingerprint density at radius 2 is 2.15 bits per heavy atom. The number of piperidine rings is 1. The van der Waals surface area contributed by atoms with E-state index in [9.17, 15) is 4.79 Å². The minimum atomic E-state index is -0.0834. The first-order valence-electron chi connectivity index (χ1n) is 7.67. The highest BCUT2D eigenvalue weighted by molar-refractivity contribution is 5.69. The molecule has 1 aliphatic rings. The number of nitrogens with one attached hydrogen (secondary N) is 1. The van der Waals surface area contributed by atoms with Crippen LogP contribution in [0, 0.1) is 11.8 Å². The van der Waals surface area contributed by atoms with Crippen molar-refractivity contribution in [3.05, 3.63) is 0 Å². The number of methoxy groups -OCH3 is 1. The molecule has 0 aliphatic carbocycles. The molecule has 0 aromatic rings. The van der Waals surface area contributed by atoms with Crippen LogP contribution in [0.2, 0.25) is 0 Å². The number of rotatable bonds is 10. The van der Waals surface area contributed by atoms with Crippen LogP contribution in [0.4, 0.5) is 0 Å². The molecule has 118 valence electrons. The summed E-state index contributed by atoms with van der Waals surface area (Å²) in [6, 6.07) is 0. The molecule has 1 heterocycles. The predicted molar refractivity (Wildman–Crippen MR) is 77.6 cm³/mol. The van der Waals surface area contributed by atoms with Crippen LogP contribution in [-0.2, 0) is 19.0 Å². The summed E-state index contributed by atoms with van der Waals surface area (Å²) in [4.78, 5) is 11.7. The summed E-state index contributed by atoms with van der Waals surface area (Å²) in [5.41, 5.74) is 0. The van der Waals surface area contributed by atoms with Crippen molar-refractivity contribution in [3.63, 3.8) is 0 Å². The van der Waals surface area contributed by atoms with E-state index in [0.717, 1.165) is 19.5 Å². The fourth-order valence-corrected chi connectivity index (χ4v) is 2.44. The smallest absolute Gasteiger partial charge is 0.306 e. The molecule has 0 radical (unpaired) electrons. The van der Waals surface area contributed by atoms with Gasteiger partial charge in [0.25, 0.3) is 0 Å². The molecule has 1 aliphatic heterocycles. The second kappa shape index (κ2) is 11.1. The third-order valence-corrected chi connectivity index (χ3v) is 3.76. The summed E-state index contributed by atoms with van der Waals surface area (Å²) < 4.78 is 15.4. The summed E-state index contributed by atoms with van der Waals surface area (Å²) in [5.74, 6) is 0.918. The summed E-state index contributed by atoms with van der Waals surface area (Å²) in [7, 11) is 1.65. The molecule has 1 N–H and O–H groups in total. The molecule has 2 atom stereocenters. The molecule has 1 fully saturated rings. The van der Waals surface area contributed by atoms with Crippen LogP contribution in [0.15, 0.2) is 0 Å². The quantitative estimate of drug-likeness (QED) is 0.489. The van der Waals surface area contributed by atoms with Crippen molar-refractivity contribution in [2.24, 2.45) is 11.8 Å². The van der Waals surface area contributed by atoms with Crippen LogP contribution >= 0.6 is 0 Å². The van der Waals surface area contributed by atoms with Crippen molar-refractivity contribution in [3.8, 4) is 0 Å². The molecule has 1 saturated heterocycles. The highest BCUT2D eigenvalue weighted by Gasteiger charge is 2.22. The molecule has 0 bridgehead atoms. The molecule has 5 nitrogen and oxygen atoms in total. The monoisotopic (exact) mass is 287 g/mol. The molecule has 0 amide bonds. The summed E-state index contributed by atoms with van der Waals surface area (Å²) in [6.07, 6.45) is 3.70. The fourth-order valence-electron chi connectivity index (χ4n) is 2.44. The van der Waals surface area contributed by atoms with Crippen LogP contribution in [0.5, 0.6) is 0 Å². The van der Waals surface area contributed by atoms with Crippen molar-refractivity contribution < 1.29 is 19.0 Å². The SMILES string of the molecule is COCCOCCCOC(=O)CC(C)C1CCCNC1. The highest BCUT2D eigenvalue weighted by atomic mass is 16.5. The van der Waals surface area contributed by atoms with E-state index in [1.807, 2.05) is 0 Å². The third-order valence-electron chi connectivity index (χ3n) is 3.76. The Hall–Kier alpha value is -0.650. The number of carbonyl (C=O) groups is 1. The van der Waals surface area contributed by atoms with Crippen molar-refractivity contribution in [2.45, 2.75) is 32.6 Å². The maximum Gasteiger partial charge on any atom is 0.306 e. The average Bonchev–Trinajstić information content (AvgIpc) is 2.47. The van der Waals surface area contributed by atoms with Crippen molar-refractivity contribution in [1.29, 1.82) is 0 Å². The molecule has 20 heavy (non-hydrogen) atoms. The number of carbonyl (C=O) groups excluding carboxylic acids is 1. The Morgan fingerprint density at radius 3 is 2.85 bits per heavy atom. The summed E-state index contributed by atoms with van der Waals surface area (Å²) in [6.45, 7) is 6.54. The van der Waals surface area contributed by atoms with E-state index in [1.54, 1.807) is 7.11 Å². The standard InChI is InChI=1S/C15H29NO4/c1-13(14-5-3-6-16-12-14)11-15(17)20-8-4-7-19-10-9-18-2/h13-14,16H,3-12H2,1-2H3. The van der Waals surface area contributed by atoms with Gasteiger partial charge in [-0.2, -0.15) is 0 Å². The Balaban J connectivity index is 1.99. The average molecular weight is 287 g/mol. The second-order valence-electron chi connectivity index (χ2n) is 5.47. The first kappa shape index (κ1) is 17.4. The molecular formula is C15H29NO4. The molecule has 0 saturated carbocycles. The molecular weight excluding hydrogens is 258 g/mol. The van der Waals surface area contributed by atoms with Crippen LogP contribution in [0.25, 0.3) is 0 Å². The van der Waals surface area contributed by atoms with E-state index in [0.29, 0.717) is 44.7 Å². The van der Waals surface area contributed by atoms with Gasteiger partial charge in [-0.3, -0.25) is 4.79 Å².